The second-order valence-electron chi connectivity index (χ2n) is 5.43. The van der Waals surface area contributed by atoms with Crippen LogP contribution in [0.5, 0.6) is 0 Å². The lowest BCUT2D eigenvalue weighted by Gasteiger charge is -2.29. The molecule has 0 aliphatic rings. The van der Waals surface area contributed by atoms with Crippen molar-refractivity contribution in [1.82, 2.24) is 10.3 Å². The number of fused-ring (bicyclic) bond motifs is 1. The van der Waals surface area contributed by atoms with Gasteiger partial charge in [-0.1, -0.05) is 38.1 Å². The van der Waals surface area contributed by atoms with E-state index >= 15 is 0 Å². The van der Waals surface area contributed by atoms with Gasteiger partial charge >= 0.3 is 0 Å². The zero-order chi connectivity index (χ0) is 15.3. The number of rotatable bonds is 6. The van der Waals surface area contributed by atoms with Gasteiger partial charge in [0.25, 0.3) is 5.91 Å². The van der Waals surface area contributed by atoms with E-state index in [2.05, 4.69) is 10.3 Å². The molecule has 0 aliphatic heterocycles. The summed E-state index contributed by atoms with van der Waals surface area (Å²) in [6.45, 7) is 4.59. The Morgan fingerprint density at radius 3 is 2.62 bits per heavy atom. The lowest BCUT2D eigenvalue weighted by atomic mass is 9.83. The van der Waals surface area contributed by atoms with Gasteiger partial charge in [0.1, 0.15) is 5.69 Å². The van der Waals surface area contributed by atoms with E-state index in [1.165, 1.54) is 0 Å². The first-order valence-corrected chi connectivity index (χ1v) is 7.38. The maximum atomic E-state index is 12.4. The molecule has 0 radical (unpaired) electrons. The van der Waals surface area contributed by atoms with Crippen LogP contribution in [-0.2, 0) is 0 Å². The predicted octanol–water partition coefficient (Wildman–Crippen LogP) is 2.76. The molecule has 21 heavy (non-hydrogen) atoms. The summed E-state index contributed by atoms with van der Waals surface area (Å²) in [7, 11) is 0. The third-order valence-electron chi connectivity index (χ3n) is 4.35. The Morgan fingerprint density at radius 1 is 1.24 bits per heavy atom. The average molecular weight is 286 g/mol. The molecule has 112 valence electrons. The van der Waals surface area contributed by atoms with E-state index in [4.69, 9.17) is 0 Å². The van der Waals surface area contributed by atoms with E-state index in [1.807, 2.05) is 44.2 Å². The molecule has 2 aromatic rings. The highest BCUT2D eigenvalue weighted by atomic mass is 16.3. The van der Waals surface area contributed by atoms with Gasteiger partial charge in [-0.2, -0.15) is 0 Å². The van der Waals surface area contributed by atoms with Crippen LogP contribution in [0, 0.1) is 5.41 Å². The number of aliphatic hydroxyl groups excluding tert-OH is 1. The third-order valence-corrected chi connectivity index (χ3v) is 4.35. The van der Waals surface area contributed by atoms with E-state index in [9.17, 15) is 9.90 Å². The summed E-state index contributed by atoms with van der Waals surface area (Å²) < 4.78 is 0. The number of aliphatic hydroxyl groups is 1. The molecule has 0 saturated carbocycles. The standard InChI is InChI=1S/C17H22N2O2/c1-3-17(4-2,12-20)11-19-16(21)15-14-8-6-5-7-13(14)9-10-18-15/h5-10,20H,3-4,11-12H2,1-2H3,(H,19,21). The van der Waals surface area contributed by atoms with Crippen LogP contribution in [0.25, 0.3) is 10.8 Å². The van der Waals surface area contributed by atoms with Crippen molar-refractivity contribution in [3.05, 3.63) is 42.2 Å². The first-order chi connectivity index (χ1) is 10.2. The molecule has 4 nitrogen and oxygen atoms in total. The Balaban J connectivity index is 2.20. The molecule has 0 unspecified atom stereocenters. The number of carbonyl (C=O) groups is 1. The molecule has 0 spiro atoms. The largest absolute Gasteiger partial charge is 0.396 e. The van der Waals surface area contributed by atoms with E-state index in [0.29, 0.717) is 12.2 Å². The van der Waals surface area contributed by atoms with Crippen molar-refractivity contribution in [2.24, 2.45) is 5.41 Å². The molecule has 1 amide bonds. The third kappa shape index (κ3) is 3.22. The number of hydrogen-bond donors (Lipinski definition) is 2. The van der Waals surface area contributed by atoms with Crippen molar-refractivity contribution in [3.8, 4) is 0 Å². The van der Waals surface area contributed by atoms with Crippen molar-refractivity contribution in [1.29, 1.82) is 0 Å². The molecule has 0 bridgehead atoms. The highest BCUT2D eigenvalue weighted by Gasteiger charge is 2.26. The van der Waals surface area contributed by atoms with Gasteiger partial charge in [-0.15, -0.1) is 0 Å². The SMILES string of the molecule is CCC(CC)(CO)CNC(=O)c1nccc2ccccc12. The summed E-state index contributed by atoms with van der Waals surface area (Å²) >= 11 is 0. The maximum Gasteiger partial charge on any atom is 0.270 e. The van der Waals surface area contributed by atoms with Crippen LogP contribution in [0.3, 0.4) is 0 Å². The van der Waals surface area contributed by atoms with E-state index < -0.39 is 0 Å². The smallest absolute Gasteiger partial charge is 0.270 e. The Labute approximate surface area is 125 Å². The fourth-order valence-electron chi connectivity index (χ4n) is 2.43. The van der Waals surface area contributed by atoms with Gasteiger partial charge in [0.2, 0.25) is 0 Å². The van der Waals surface area contributed by atoms with Crippen molar-refractivity contribution in [3.63, 3.8) is 0 Å². The van der Waals surface area contributed by atoms with Gasteiger partial charge in [0.15, 0.2) is 0 Å². The fraction of sp³-hybridized carbons (Fsp3) is 0.412. The van der Waals surface area contributed by atoms with Gasteiger partial charge in [0.05, 0.1) is 6.61 Å². The van der Waals surface area contributed by atoms with Gasteiger partial charge in [0, 0.05) is 23.5 Å². The summed E-state index contributed by atoms with van der Waals surface area (Å²) in [5, 5.41) is 14.3. The highest BCUT2D eigenvalue weighted by Crippen LogP contribution is 2.24. The fourth-order valence-corrected chi connectivity index (χ4v) is 2.43. The molecule has 2 N–H and O–H groups in total. The normalized spacial score (nSPS) is 11.6. The van der Waals surface area contributed by atoms with Crippen LogP contribution in [-0.4, -0.2) is 29.1 Å². The average Bonchev–Trinajstić information content (AvgIpc) is 2.56. The van der Waals surface area contributed by atoms with Gasteiger partial charge in [-0.3, -0.25) is 9.78 Å². The molecular weight excluding hydrogens is 264 g/mol. The minimum atomic E-state index is -0.250. The molecule has 1 aromatic carbocycles. The second kappa shape index (κ2) is 6.68. The second-order valence-corrected chi connectivity index (χ2v) is 5.43. The number of nitrogens with zero attached hydrogens (tertiary/aromatic N) is 1. The number of amides is 1. The quantitative estimate of drug-likeness (QED) is 0.858. The lowest BCUT2D eigenvalue weighted by molar-refractivity contribution is 0.0848. The topological polar surface area (TPSA) is 62.2 Å². The minimum absolute atomic E-state index is 0.0727. The molecule has 1 heterocycles. The maximum absolute atomic E-state index is 12.4. The molecule has 0 saturated heterocycles. The number of pyridine rings is 1. The number of hydrogen-bond acceptors (Lipinski definition) is 3. The van der Waals surface area contributed by atoms with Crippen LogP contribution >= 0.6 is 0 Å². The molecule has 0 aliphatic carbocycles. The van der Waals surface area contributed by atoms with Gasteiger partial charge in [-0.05, 0) is 24.3 Å². The monoisotopic (exact) mass is 286 g/mol. The molecular formula is C17H22N2O2. The summed E-state index contributed by atoms with van der Waals surface area (Å²) in [5.74, 6) is -0.188. The first kappa shape index (κ1) is 15.4. The number of benzene rings is 1. The zero-order valence-electron chi connectivity index (χ0n) is 12.6. The minimum Gasteiger partial charge on any atom is -0.396 e. The van der Waals surface area contributed by atoms with Crippen LogP contribution in [0.2, 0.25) is 0 Å². The van der Waals surface area contributed by atoms with Crippen molar-refractivity contribution >= 4 is 16.7 Å². The molecule has 1 aromatic heterocycles. The van der Waals surface area contributed by atoms with Crippen molar-refractivity contribution < 1.29 is 9.90 Å². The summed E-state index contributed by atoms with van der Waals surface area (Å²) in [6, 6.07) is 9.59. The summed E-state index contributed by atoms with van der Waals surface area (Å²) in [6.07, 6.45) is 3.29. The molecule has 4 heteroatoms. The van der Waals surface area contributed by atoms with Gasteiger partial charge in [-0.25, -0.2) is 0 Å². The highest BCUT2D eigenvalue weighted by molar-refractivity contribution is 6.05. The lowest BCUT2D eigenvalue weighted by Crippen LogP contribution is -2.39. The summed E-state index contributed by atoms with van der Waals surface area (Å²) in [4.78, 5) is 16.6. The Kier molecular flexibility index (Phi) is 4.91. The first-order valence-electron chi connectivity index (χ1n) is 7.38. The number of nitrogens with one attached hydrogen (secondary N) is 1. The van der Waals surface area contributed by atoms with E-state index in [-0.39, 0.29) is 17.9 Å². The zero-order valence-corrected chi connectivity index (χ0v) is 12.6. The van der Waals surface area contributed by atoms with Crippen LogP contribution < -0.4 is 5.32 Å². The number of carbonyl (C=O) groups excluding carboxylic acids is 1. The van der Waals surface area contributed by atoms with Crippen molar-refractivity contribution in [2.45, 2.75) is 26.7 Å². The van der Waals surface area contributed by atoms with Gasteiger partial charge < -0.3 is 10.4 Å². The molecule has 0 atom stereocenters. The Morgan fingerprint density at radius 2 is 1.95 bits per heavy atom. The Hall–Kier alpha value is -1.94. The van der Waals surface area contributed by atoms with Crippen LogP contribution in [0.4, 0.5) is 0 Å². The van der Waals surface area contributed by atoms with Crippen LogP contribution in [0.15, 0.2) is 36.5 Å². The molecule has 2 rings (SSSR count). The van der Waals surface area contributed by atoms with E-state index in [0.717, 1.165) is 23.6 Å². The van der Waals surface area contributed by atoms with Crippen molar-refractivity contribution in [2.75, 3.05) is 13.2 Å². The molecule has 0 fully saturated rings. The van der Waals surface area contributed by atoms with E-state index in [1.54, 1.807) is 6.20 Å². The summed E-state index contributed by atoms with van der Waals surface area (Å²) in [5.41, 5.74) is 0.187. The predicted molar refractivity (Wildman–Crippen MR) is 84.2 cm³/mol. The van der Waals surface area contributed by atoms with Crippen LogP contribution in [0.1, 0.15) is 37.2 Å². The Bertz CT molecular complexity index is 607. The number of aromatic nitrogens is 1.